The van der Waals surface area contributed by atoms with Gasteiger partial charge in [0.2, 0.25) is 0 Å². The first kappa shape index (κ1) is 21.8. The Bertz CT molecular complexity index is 1150. The molecule has 0 bridgehead atoms. The van der Waals surface area contributed by atoms with Gasteiger partial charge in [-0.05, 0) is 56.2 Å². The fourth-order valence-corrected chi connectivity index (χ4v) is 4.24. The van der Waals surface area contributed by atoms with Crippen LogP contribution in [-0.4, -0.2) is 44.7 Å². The van der Waals surface area contributed by atoms with Crippen LogP contribution in [0, 0.1) is 12.8 Å². The zero-order chi connectivity index (χ0) is 22.1. The second-order valence-electron chi connectivity index (χ2n) is 7.47. The average molecular weight is 478 g/mol. The molecule has 4 rings (SSSR count). The number of likely N-dealkylation sites (tertiary alicyclic amines) is 1. The number of aromatic nitrogens is 3. The standard InChI is InChI=1S/C22H19Cl3N4O2/c1-13-20(26-27-29(13)17-4-2-3-16(23)12-17)22(31)28-9-7-14(8-10-28)21(30)15-5-6-18(24)19(25)11-15/h2-6,11-12,14H,7-10H2,1H3. The summed E-state index contributed by atoms with van der Waals surface area (Å²) < 4.78 is 1.60. The molecule has 9 heteroatoms. The van der Waals surface area contributed by atoms with Crippen LogP contribution in [0.3, 0.4) is 0 Å². The molecule has 0 aliphatic carbocycles. The van der Waals surface area contributed by atoms with Crippen molar-refractivity contribution in [3.63, 3.8) is 0 Å². The van der Waals surface area contributed by atoms with E-state index in [1.54, 1.807) is 46.8 Å². The summed E-state index contributed by atoms with van der Waals surface area (Å²) in [5, 5.41) is 9.58. The Morgan fingerprint density at radius 3 is 2.42 bits per heavy atom. The molecule has 1 aromatic heterocycles. The lowest BCUT2D eigenvalue weighted by Crippen LogP contribution is -2.40. The van der Waals surface area contributed by atoms with E-state index in [4.69, 9.17) is 34.8 Å². The average Bonchev–Trinajstić information content (AvgIpc) is 3.16. The minimum Gasteiger partial charge on any atom is -0.337 e. The third kappa shape index (κ3) is 4.47. The number of hydrogen-bond acceptors (Lipinski definition) is 4. The fourth-order valence-electron chi connectivity index (χ4n) is 3.76. The summed E-state index contributed by atoms with van der Waals surface area (Å²) in [7, 11) is 0. The maximum atomic E-state index is 13.0. The molecular formula is C22H19Cl3N4O2. The molecule has 1 aliphatic heterocycles. The largest absolute Gasteiger partial charge is 0.337 e. The zero-order valence-electron chi connectivity index (χ0n) is 16.7. The normalized spacial score (nSPS) is 14.6. The van der Waals surface area contributed by atoms with Crippen LogP contribution < -0.4 is 0 Å². The van der Waals surface area contributed by atoms with Gasteiger partial charge in [0.05, 0.1) is 21.4 Å². The number of ketones is 1. The van der Waals surface area contributed by atoms with Crippen molar-refractivity contribution in [1.82, 2.24) is 19.9 Å². The predicted octanol–water partition coefficient (Wildman–Crippen LogP) is 5.27. The van der Waals surface area contributed by atoms with Crippen LogP contribution >= 0.6 is 34.8 Å². The van der Waals surface area contributed by atoms with Gasteiger partial charge in [-0.25, -0.2) is 4.68 Å². The summed E-state index contributed by atoms with van der Waals surface area (Å²) in [4.78, 5) is 27.6. The smallest absolute Gasteiger partial charge is 0.276 e. The highest BCUT2D eigenvalue weighted by atomic mass is 35.5. The Kier molecular flexibility index (Phi) is 6.32. The lowest BCUT2D eigenvalue weighted by molar-refractivity contribution is 0.0645. The number of hydrogen-bond donors (Lipinski definition) is 0. The van der Waals surface area contributed by atoms with Crippen molar-refractivity contribution >= 4 is 46.5 Å². The fraction of sp³-hybridized carbons (Fsp3) is 0.273. The molecule has 1 amide bonds. The second kappa shape index (κ2) is 8.99. The first-order valence-corrected chi connectivity index (χ1v) is 11.0. The predicted molar refractivity (Wildman–Crippen MR) is 121 cm³/mol. The van der Waals surface area contributed by atoms with Gasteiger partial charge >= 0.3 is 0 Å². The quantitative estimate of drug-likeness (QED) is 0.480. The maximum absolute atomic E-state index is 13.0. The van der Waals surface area contributed by atoms with Gasteiger partial charge in [-0.15, -0.1) is 5.10 Å². The van der Waals surface area contributed by atoms with E-state index in [9.17, 15) is 9.59 Å². The minimum absolute atomic E-state index is 0.0220. The molecule has 160 valence electrons. The van der Waals surface area contributed by atoms with Crippen LogP contribution in [-0.2, 0) is 0 Å². The van der Waals surface area contributed by atoms with Crippen LogP contribution in [0.25, 0.3) is 5.69 Å². The van der Waals surface area contributed by atoms with E-state index in [2.05, 4.69) is 10.3 Å². The summed E-state index contributed by atoms with van der Waals surface area (Å²) in [6, 6.07) is 12.1. The number of carbonyl (C=O) groups excluding carboxylic acids is 2. The van der Waals surface area contributed by atoms with Gasteiger partial charge in [-0.3, -0.25) is 9.59 Å². The molecule has 31 heavy (non-hydrogen) atoms. The van der Waals surface area contributed by atoms with E-state index in [1.165, 1.54) is 0 Å². The third-order valence-corrected chi connectivity index (χ3v) is 6.48. The highest BCUT2D eigenvalue weighted by Crippen LogP contribution is 2.27. The number of amides is 1. The van der Waals surface area contributed by atoms with Gasteiger partial charge in [0, 0.05) is 29.6 Å². The van der Waals surface area contributed by atoms with Crippen molar-refractivity contribution in [2.45, 2.75) is 19.8 Å². The first-order chi connectivity index (χ1) is 14.8. The maximum Gasteiger partial charge on any atom is 0.276 e. The van der Waals surface area contributed by atoms with Gasteiger partial charge in [0.15, 0.2) is 11.5 Å². The van der Waals surface area contributed by atoms with Crippen molar-refractivity contribution < 1.29 is 9.59 Å². The molecule has 0 N–H and O–H groups in total. The summed E-state index contributed by atoms with van der Waals surface area (Å²) >= 11 is 18.0. The Balaban J connectivity index is 1.44. The van der Waals surface area contributed by atoms with Crippen molar-refractivity contribution in [3.8, 4) is 5.69 Å². The van der Waals surface area contributed by atoms with Crippen LogP contribution in [0.5, 0.6) is 0 Å². The van der Waals surface area contributed by atoms with Crippen molar-refractivity contribution in [2.75, 3.05) is 13.1 Å². The van der Waals surface area contributed by atoms with Crippen LogP contribution in [0.4, 0.5) is 0 Å². The first-order valence-electron chi connectivity index (χ1n) is 9.82. The van der Waals surface area contributed by atoms with E-state index in [0.29, 0.717) is 58.0 Å². The van der Waals surface area contributed by atoms with E-state index in [-0.39, 0.29) is 17.6 Å². The molecule has 0 saturated carbocycles. The lowest BCUT2D eigenvalue weighted by atomic mass is 9.89. The number of piperidine rings is 1. The summed E-state index contributed by atoms with van der Waals surface area (Å²) in [5.74, 6) is -0.329. The number of nitrogens with zero attached hydrogens (tertiary/aromatic N) is 4. The van der Waals surface area contributed by atoms with Gasteiger partial charge in [0.1, 0.15) is 0 Å². The second-order valence-corrected chi connectivity index (χ2v) is 8.73. The molecule has 0 unspecified atom stereocenters. The molecule has 0 atom stereocenters. The molecule has 2 aromatic carbocycles. The monoisotopic (exact) mass is 476 g/mol. The number of benzene rings is 2. The van der Waals surface area contributed by atoms with Gasteiger partial charge in [-0.1, -0.05) is 46.1 Å². The van der Waals surface area contributed by atoms with Crippen LogP contribution in [0.1, 0.15) is 39.4 Å². The highest BCUT2D eigenvalue weighted by Gasteiger charge is 2.30. The summed E-state index contributed by atoms with van der Waals surface area (Å²) in [6.07, 6.45) is 1.15. The van der Waals surface area contributed by atoms with Crippen molar-refractivity contribution in [1.29, 1.82) is 0 Å². The number of carbonyl (C=O) groups is 2. The number of rotatable bonds is 4. The lowest BCUT2D eigenvalue weighted by Gasteiger charge is -2.31. The summed E-state index contributed by atoms with van der Waals surface area (Å²) in [6.45, 7) is 2.74. The highest BCUT2D eigenvalue weighted by molar-refractivity contribution is 6.42. The molecule has 3 aromatic rings. The Hall–Kier alpha value is -2.41. The van der Waals surface area contributed by atoms with E-state index in [0.717, 1.165) is 5.69 Å². The zero-order valence-corrected chi connectivity index (χ0v) is 19.0. The molecule has 2 heterocycles. The van der Waals surface area contributed by atoms with Gasteiger partial charge < -0.3 is 4.90 Å². The molecule has 1 saturated heterocycles. The Morgan fingerprint density at radius 1 is 1.00 bits per heavy atom. The Labute approximate surface area is 194 Å². The van der Waals surface area contributed by atoms with E-state index >= 15 is 0 Å². The molecule has 1 aliphatic rings. The van der Waals surface area contributed by atoms with E-state index < -0.39 is 0 Å². The van der Waals surface area contributed by atoms with E-state index in [1.807, 2.05) is 12.1 Å². The van der Waals surface area contributed by atoms with Crippen LogP contribution in [0.15, 0.2) is 42.5 Å². The third-order valence-electron chi connectivity index (χ3n) is 5.51. The summed E-state index contributed by atoms with van der Waals surface area (Å²) in [5.41, 5.74) is 2.22. The molecule has 1 fully saturated rings. The minimum atomic E-state index is -0.189. The molecular weight excluding hydrogens is 459 g/mol. The van der Waals surface area contributed by atoms with Crippen molar-refractivity contribution in [2.24, 2.45) is 5.92 Å². The van der Waals surface area contributed by atoms with Gasteiger partial charge in [-0.2, -0.15) is 0 Å². The molecule has 6 nitrogen and oxygen atoms in total. The topological polar surface area (TPSA) is 68.1 Å². The number of Topliss-reactive ketones (excluding diaryl/α,β-unsaturated/α-hetero) is 1. The number of halogens is 3. The van der Waals surface area contributed by atoms with Crippen molar-refractivity contribution in [3.05, 3.63) is 74.5 Å². The SMILES string of the molecule is Cc1c(C(=O)N2CCC(C(=O)c3ccc(Cl)c(Cl)c3)CC2)nnn1-c1cccc(Cl)c1. The van der Waals surface area contributed by atoms with Crippen LogP contribution in [0.2, 0.25) is 15.1 Å². The Morgan fingerprint density at radius 2 is 1.74 bits per heavy atom. The molecule has 0 radical (unpaired) electrons. The van der Waals surface area contributed by atoms with Gasteiger partial charge in [0.25, 0.3) is 5.91 Å². The molecule has 0 spiro atoms.